The van der Waals surface area contributed by atoms with Gasteiger partial charge in [0, 0.05) is 23.9 Å². The Hall–Kier alpha value is -0.580. The van der Waals surface area contributed by atoms with E-state index in [-0.39, 0.29) is 24.2 Å². The summed E-state index contributed by atoms with van der Waals surface area (Å²) in [6, 6.07) is 3.98. The molecular formula is C9H12ClNO2S. The van der Waals surface area contributed by atoms with Crippen LogP contribution in [0.1, 0.15) is 10.8 Å². The molecule has 0 bridgehead atoms. The molecule has 5 heteroatoms. The molecule has 2 heterocycles. The van der Waals surface area contributed by atoms with E-state index < -0.39 is 5.97 Å². The lowest BCUT2D eigenvalue weighted by molar-refractivity contribution is -0.141. The number of carboxylic acids is 1. The van der Waals surface area contributed by atoms with Gasteiger partial charge in [-0.15, -0.1) is 23.7 Å². The zero-order valence-corrected chi connectivity index (χ0v) is 9.11. The highest BCUT2D eigenvalue weighted by Crippen LogP contribution is 2.31. The summed E-state index contributed by atoms with van der Waals surface area (Å²) in [7, 11) is 0. The number of hydrogen-bond acceptors (Lipinski definition) is 3. The van der Waals surface area contributed by atoms with Crippen molar-refractivity contribution in [1.29, 1.82) is 0 Å². The standard InChI is InChI=1S/C9H11NO2S.ClH/c11-9(12)7-5-10-4-6(7)8-2-1-3-13-8;/h1-3,6-7,10H,4-5H2,(H,11,12);1H. The first kappa shape index (κ1) is 11.5. The molecule has 3 nitrogen and oxygen atoms in total. The fourth-order valence-electron chi connectivity index (χ4n) is 1.74. The maximum Gasteiger partial charge on any atom is 0.308 e. The Balaban J connectivity index is 0.000000980. The molecule has 2 rings (SSSR count). The van der Waals surface area contributed by atoms with Crippen LogP contribution in [0.2, 0.25) is 0 Å². The first-order chi connectivity index (χ1) is 6.29. The highest BCUT2D eigenvalue weighted by Gasteiger charge is 2.34. The molecule has 1 saturated heterocycles. The van der Waals surface area contributed by atoms with E-state index in [9.17, 15) is 4.79 Å². The summed E-state index contributed by atoms with van der Waals surface area (Å²) in [5.41, 5.74) is 0. The van der Waals surface area contributed by atoms with E-state index in [2.05, 4.69) is 5.32 Å². The fourth-order valence-corrected chi connectivity index (χ4v) is 2.63. The number of hydrogen-bond donors (Lipinski definition) is 2. The van der Waals surface area contributed by atoms with E-state index in [0.717, 1.165) is 6.54 Å². The second-order valence-electron chi connectivity index (χ2n) is 3.22. The van der Waals surface area contributed by atoms with Gasteiger partial charge in [0.2, 0.25) is 0 Å². The molecule has 0 aliphatic carbocycles. The smallest absolute Gasteiger partial charge is 0.308 e. The molecule has 0 aromatic carbocycles. The predicted molar refractivity (Wildman–Crippen MR) is 58.3 cm³/mol. The van der Waals surface area contributed by atoms with Gasteiger partial charge in [-0.05, 0) is 11.4 Å². The lowest BCUT2D eigenvalue weighted by Crippen LogP contribution is -2.20. The van der Waals surface area contributed by atoms with Gasteiger partial charge in [-0.2, -0.15) is 0 Å². The lowest BCUT2D eigenvalue weighted by Gasteiger charge is -2.11. The lowest BCUT2D eigenvalue weighted by atomic mass is 9.95. The number of carbonyl (C=O) groups is 1. The fraction of sp³-hybridized carbons (Fsp3) is 0.444. The zero-order valence-electron chi connectivity index (χ0n) is 7.47. The van der Waals surface area contributed by atoms with Crippen molar-refractivity contribution in [1.82, 2.24) is 5.32 Å². The molecule has 1 aromatic heterocycles. The van der Waals surface area contributed by atoms with Gasteiger partial charge >= 0.3 is 5.97 Å². The summed E-state index contributed by atoms with van der Waals surface area (Å²) in [6.07, 6.45) is 0. The summed E-state index contributed by atoms with van der Waals surface area (Å²) in [4.78, 5) is 12.0. The van der Waals surface area contributed by atoms with E-state index in [1.807, 2.05) is 17.5 Å². The highest BCUT2D eigenvalue weighted by molar-refractivity contribution is 7.10. The normalized spacial score (nSPS) is 25.7. The Bertz CT molecular complexity index is 302. The van der Waals surface area contributed by atoms with Crippen molar-refractivity contribution < 1.29 is 9.90 Å². The number of rotatable bonds is 2. The van der Waals surface area contributed by atoms with Crippen molar-refractivity contribution >= 4 is 29.7 Å². The Morgan fingerprint density at radius 3 is 2.93 bits per heavy atom. The van der Waals surface area contributed by atoms with Gasteiger partial charge in [-0.3, -0.25) is 4.79 Å². The van der Waals surface area contributed by atoms with Crippen molar-refractivity contribution in [3.8, 4) is 0 Å². The third-order valence-corrected chi connectivity index (χ3v) is 3.44. The molecule has 1 aliphatic heterocycles. The van der Waals surface area contributed by atoms with E-state index in [4.69, 9.17) is 5.11 Å². The van der Waals surface area contributed by atoms with Crippen LogP contribution in [-0.2, 0) is 4.79 Å². The van der Waals surface area contributed by atoms with Crippen LogP contribution in [0.5, 0.6) is 0 Å². The van der Waals surface area contributed by atoms with Crippen LogP contribution in [0.3, 0.4) is 0 Å². The van der Waals surface area contributed by atoms with Crippen LogP contribution in [0.25, 0.3) is 0 Å². The van der Waals surface area contributed by atoms with Crippen LogP contribution >= 0.6 is 23.7 Å². The highest BCUT2D eigenvalue weighted by atomic mass is 35.5. The second kappa shape index (κ2) is 4.77. The third kappa shape index (κ3) is 2.08. The van der Waals surface area contributed by atoms with E-state index in [0.29, 0.717) is 6.54 Å². The van der Waals surface area contributed by atoms with Crippen LogP contribution in [0.15, 0.2) is 17.5 Å². The molecule has 0 amide bonds. The Kier molecular flexibility index (Phi) is 3.92. The Morgan fingerprint density at radius 2 is 2.36 bits per heavy atom. The largest absolute Gasteiger partial charge is 0.481 e. The summed E-state index contributed by atoms with van der Waals surface area (Å²) in [6.45, 7) is 1.38. The molecular weight excluding hydrogens is 222 g/mol. The minimum absolute atomic E-state index is 0. The maximum absolute atomic E-state index is 10.9. The molecule has 1 aromatic rings. The predicted octanol–water partition coefficient (Wildman–Crippen LogP) is 1.56. The SMILES string of the molecule is Cl.O=C(O)C1CNCC1c1cccs1. The van der Waals surface area contributed by atoms with Crippen molar-refractivity contribution in [2.24, 2.45) is 5.92 Å². The van der Waals surface area contributed by atoms with Crippen LogP contribution in [-0.4, -0.2) is 24.2 Å². The summed E-state index contributed by atoms with van der Waals surface area (Å²) < 4.78 is 0. The summed E-state index contributed by atoms with van der Waals surface area (Å²) >= 11 is 1.64. The van der Waals surface area contributed by atoms with Crippen molar-refractivity contribution in [3.05, 3.63) is 22.4 Å². The maximum atomic E-state index is 10.9. The van der Waals surface area contributed by atoms with E-state index in [1.54, 1.807) is 11.3 Å². The molecule has 1 fully saturated rings. The molecule has 1 aliphatic rings. The minimum atomic E-state index is -0.691. The molecule has 2 atom stereocenters. The molecule has 2 N–H and O–H groups in total. The number of aliphatic carboxylic acids is 1. The number of carboxylic acid groups (broad SMARTS) is 1. The van der Waals surface area contributed by atoms with Crippen LogP contribution in [0, 0.1) is 5.92 Å². The van der Waals surface area contributed by atoms with Gasteiger partial charge in [-0.25, -0.2) is 0 Å². The summed E-state index contributed by atoms with van der Waals surface area (Å²) in [5, 5.41) is 14.1. The average molecular weight is 234 g/mol. The van der Waals surface area contributed by atoms with E-state index >= 15 is 0 Å². The van der Waals surface area contributed by atoms with Crippen LogP contribution < -0.4 is 5.32 Å². The first-order valence-corrected chi connectivity index (χ1v) is 5.14. The molecule has 78 valence electrons. The first-order valence-electron chi connectivity index (χ1n) is 4.26. The Morgan fingerprint density at radius 1 is 1.57 bits per heavy atom. The van der Waals surface area contributed by atoms with Gasteiger partial charge in [0.1, 0.15) is 0 Å². The molecule has 0 saturated carbocycles. The second-order valence-corrected chi connectivity index (χ2v) is 4.20. The van der Waals surface area contributed by atoms with Crippen LogP contribution in [0.4, 0.5) is 0 Å². The van der Waals surface area contributed by atoms with Crippen molar-refractivity contribution in [3.63, 3.8) is 0 Å². The van der Waals surface area contributed by atoms with Crippen molar-refractivity contribution in [2.75, 3.05) is 13.1 Å². The Labute approximate surface area is 92.5 Å². The molecule has 14 heavy (non-hydrogen) atoms. The monoisotopic (exact) mass is 233 g/mol. The number of thiophene rings is 1. The number of halogens is 1. The van der Waals surface area contributed by atoms with Gasteiger partial charge in [0.05, 0.1) is 5.92 Å². The summed E-state index contributed by atoms with van der Waals surface area (Å²) in [5.74, 6) is -0.778. The topological polar surface area (TPSA) is 49.3 Å². The van der Waals surface area contributed by atoms with Gasteiger partial charge in [-0.1, -0.05) is 6.07 Å². The third-order valence-electron chi connectivity index (χ3n) is 2.44. The van der Waals surface area contributed by atoms with Gasteiger partial charge in [0.15, 0.2) is 0 Å². The van der Waals surface area contributed by atoms with Gasteiger partial charge in [0.25, 0.3) is 0 Å². The minimum Gasteiger partial charge on any atom is -0.481 e. The zero-order chi connectivity index (χ0) is 9.26. The molecule has 2 unspecified atom stereocenters. The average Bonchev–Trinajstić information content (AvgIpc) is 2.74. The molecule has 0 spiro atoms. The molecule has 0 radical (unpaired) electrons. The van der Waals surface area contributed by atoms with Gasteiger partial charge < -0.3 is 10.4 Å². The van der Waals surface area contributed by atoms with E-state index in [1.165, 1.54) is 4.88 Å². The van der Waals surface area contributed by atoms with Crippen molar-refractivity contribution in [2.45, 2.75) is 5.92 Å². The number of nitrogens with one attached hydrogen (secondary N) is 1. The quantitative estimate of drug-likeness (QED) is 0.815.